The molecule has 0 heterocycles. The Bertz CT molecular complexity index is 545. The van der Waals surface area contributed by atoms with Crippen LogP contribution in [0.5, 0.6) is 0 Å². The third kappa shape index (κ3) is 3.33. The van der Waals surface area contributed by atoms with Gasteiger partial charge in [-0.15, -0.1) is 0 Å². The Morgan fingerprint density at radius 2 is 1.85 bits per heavy atom. The fourth-order valence-corrected chi connectivity index (χ4v) is 1.46. The summed E-state index contributed by atoms with van der Waals surface area (Å²) in [6.07, 6.45) is 0. The lowest BCUT2D eigenvalue weighted by atomic mass is 9.85. The van der Waals surface area contributed by atoms with Gasteiger partial charge in [0.1, 0.15) is 0 Å². The van der Waals surface area contributed by atoms with Crippen LogP contribution in [0, 0.1) is 17.0 Å². The highest BCUT2D eigenvalue weighted by Gasteiger charge is 2.36. The van der Waals surface area contributed by atoms with Crippen LogP contribution in [-0.2, 0) is 0 Å². The predicted octanol–water partition coefficient (Wildman–Crippen LogP) is 2.18. The van der Waals surface area contributed by atoms with Crippen LogP contribution in [-0.4, -0.2) is 27.1 Å². The highest BCUT2D eigenvalue weighted by molar-refractivity contribution is 5.95. The standard InChI is InChI=1S/C14H20N2O4/c1-9-6-7-10(8-11(9)16(19)20)12(17)15-13(2,3)14(4,5)18/h6-8,18H,1-5H3,(H,15,17). The van der Waals surface area contributed by atoms with E-state index in [4.69, 9.17) is 0 Å². The van der Waals surface area contributed by atoms with Gasteiger partial charge >= 0.3 is 0 Å². The molecule has 0 fully saturated rings. The number of carbonyl (C=O) groups is 1. The van der Waals surface area contributed by atoms with Crippen LogP contribution in [0.25, 0.3) is 0 Å². The Balaban J connectivity index is 3.06. The highest BCUT2D eigenvalue weighted by atomic mass is 16.6. The zero-order valence-corrected chi connectivity index (χ0v) is 12.4. The second-order valence-electron chi connectivity index (χ2n) is 5.90. The van der Waals surface area contributed by atoms with Crippen molar-refractivity contribution in [2.24, 2.45) is 0 Å². The number of rotatable bonds is 4. The number of nitrogens with one attached hydrogen (secondary N) is 1. The predicted molar refractivity (Wildman–Crippen MR) is 75.7 cm³/mol. The van der Waals surface area contributed by atoms with Crippen molar-refractivity contribution in [3.05, 3.63) is 39.4 Å². The molecule has 0 atom stereocenters. The summed E-state index contributed by atoms with van der Waals surface area (Å²) in [5, 5.41) is 23.6. The van der Waals surface area contributed by atoms with E-state index in [0.717, 1.165) is 0 Å². The number of aryl methyl sites for hydroxylation is 1. The summed E-state index contributed by atoms with van der Waals surface area (Å²) < 4.78 is 0. The first-order valence-corrected chi connectivity index (χ1v) is 6.25. The first-order valence-electron chi connectivity index (χ1n) is 6.25. The number of amides is 1. The van der Waals surface area contributed by atoms with Gasteiger partial charge in [-0.05, 0) is 40.7 Å². The van der Waals surface area contributed by atoms with Gasteiger partial charge in [-0.3, -0.25) is 14.9 Å². The number of hydrogen-bond acceptors (Lipinski definition) is 4. The Morgan fingerprint density at radius 3 is 2.30 bits per heavy atom. The molecule has 2 N–H and O–H groups in total. The molecule has 0 spiro atoms. The molecule has 0 aromatic heterocycles. The third-order valence-corrected chi connectivity index (χ3v) is 3.62. The molecular weight excluding hydrogens is 260 g/mol. The van der Waals surface area contributed by atoms with Crippen LogP contribution in [0.1, 0.15) is 43.6 Å². The molecule has 0 aliphatic carbocycles. The average molecular weight is 280 g/mol. The molecule has 0 unspecified atom stereocenters. The van der Waals surface area contributed by atoms with Gasteiger partial charge in [-0.1, -0.05) is 6.07 Å². The van der Waals surface area contributed by atoms with Crippen molar-refractivity contribution >= 4 is 11.6 Å². The molecular formula is C14H20N2O4. The number of nitro benzene ring substituents is 1. The first kappa shape index (κ1) is 16.1. The van der Waals surface area contributed by atoms with Crippen molar-refractivity contribution < 1.29 is 14.8 Å². The zero-order chi connectivity index (χ0) is 15.7. The van der Waals surface area contributed by atoms with Crippen molar-refractivity contribution in [1.82, 2.24) is 5.32 Å². The van der Waals surface area contributed by atoms with Gasteiger partial charge in [-0.2, -0.15) is 0 Å². The molecule has 0 saturated heterocycles. The SMILES string of the molecule is Cc1ccc(C(=O)NC(C)(C)C(C)(C)O)cc1[N+](=O)[O-]. The quantitative estimate of drug-likeness (QED) is 0.653. The third-order valence-electron chi connectivity index (χ3n) is 3.62. The summed E-state index contributed by atoms with van der Waals surface area (Å²) in [5.41, 5.74) is -1.41. The summed E-state index contributed by atoms with van der Waals surface area (Å²) >= 11 is 0. The maximum Gasteiger partial charge on any atom is 0.273 e. The zero-order valence-electron chi connectivity index (χ0n) is 12.4. The van der Waals surface area contributed by atoms with E-state index >= 15 is 0 Å². The van der Waals surface area contributed by atoms with Gasteiger partial charge in [-0.25, -0.2) is 0 Å². The van der Waals surface area contributed by atoms with E-state index < -0.39 is 22.0 Å². The van der Waals surface area contributed by atoms with Crippen LogP contribution < -0.4 is 5.32 Å². The van der Waals surface area contributed by atoms with Crippen LogP contribution in [0.3, 0.4) is 0 Å². The minimum atomic E-state index is -1.13. The van der Waals surface area contributed by atoms with Gasteiger partial charge in [0, 0.05) is 17.2 Å². The Morgan fingerprint density at radius 1 is 1.30 bits per heavy atom. The first-order chi connectivity index (χ1) is 8.95. The Kier molecular flexibility index (Phi) is 4.19. The summed E-state index contributed by atoms with van der Waals surface area (Å²) in [5.74, 6) is -0.458. The van der Waals surface area contributed by atoms with E-state index in [2.05, 4.69) is 5.32 Å². The van der Waals surface area contributed by atoms with Crippen molar-refractivity contribution in [3.63, 3.8) is 0 Å². The molecule has 20 heavy (non-hydrogen) atoms. The molecule has 1 aromatic carbocycles. The van der Waals surface area contributed by atoms with Crippen molar-refractivity contribution in [1.29, 1.82) is 0 Å². The lowest BCUT2D eigenvalue weighted by Gasteiger charge is -2.38. The lowest BCUT2D eigenvalue weighted by Crippen LogP contribution is -2.57. The second-order valence-corrected chi connectivity index (χ2v) is 5.90. The number of hydrogen-bond donors (Lipinski definition) is 2. The summed E-state index contributed by atoms with van der Waals surface area (Å²) in [6.45, 7) is 8.16. The molecule has 0 saturated carbocycles. The van der Waals surface area contributed by atoms with E-state index in [9.17, 15) is 20.0 Å². The van der Waals surface area contributed by atoms with Crippen LogP contribution in [0.15, 0.2) is 18.2 Å². The lowest BCUT2D eigenvalue weighted by molar-refractivity contribution is -0.385. The van der Waals surface area contributed by atoms with E-state index in [1.807, 2.05) is 0 Å². The molecule has 1 rings (SSSR count). The Labute approximate surface area is 118 Å². The fourth-order valence-electron chi connectivity index (χ4n) is 1.46. The molecule has 110 valence electrons. The average Bonchev–Trinajstić information content (AvgIpc) is 2.26. The minimum Gasteiger partial charge on any atom is -0.388 e. The summed E-state index contributed by atoms with van der Waals surface area (Å²) in [6, 6.07) is 4.30. The van der Waals surface area contributed by atoms with E-state index in [0.29, 0.717) is 5.56 Å². The van der Waals surface area contributed by atoms with Crippen LogP contribution in [0.2, 0.25) is 0 Å². The largest absolute Gasteiger partial charge is 0.388 e. The van der Waals surface area contributed by atoms with Gasteiger partial charge in [0.25, 0.3) is 11.6 Å². The van der Waals surface area contributed by atoms with E-state index in [1.165, 1.54) is 18.2 Å². The van der Waals surface area contributed by atoms with Gasteiger partial charge < -0.3 is 10.4 Å². The van der Waals surface area contributed by atoms with Crippen LogP contribution >= 0.6 is 0 Å². The second kappa shape index (κ2) is 5.20. The maximum atomic E-state index is 12.1. The molecule has 0 radical (unpaired) electrons. The molecule has 0 bridgehead atoms. The van der Waals surface area contributed by atoms with E-state index in [1.54, 1.807) is 34.6 Å². The van der Waals surface area contributed by atoms with Gasteiger partial charge in [0.2, 0.25) is 0 Å². The van der Waals surface area contributed by atoms with Gasteiger partial charge in [0.05, 0.1) is 16.1 Å². The molecule has 0 aliphatic heterocycles. The fraction of sp³-hybridized carbons (Fsp3) is 0.500. The number of nitro groups is 1. The number of benzene rings is 1. The highest BCUT2D eigenvalue weighted by Crippen LogP contribution is 2.23. The number of nitrogens with zero attached hydrogens (tertiary/aromatic N) is 1. The Hall–Kier alpha value is -1.95. The smallest absolute Gasteiger partial charge is 0.273 e. The van der Waals surface area contributed by atoms with Crippen molar-refractivity contribution in [2.75, 3.05) is 0 Å². The normalized spacial score (nSPS) is 12.1. The molecule has 6 nitrogen and oxygen atoms in total. The number of aliphatic hydroxyl groups is 1. The molecule has 0 aliphatic rings. The van der Waals surface area contributed by atoms with E-state index in [-0.39, 0.29) is 11.3 Å². The van der Waals surface area contributed by atoms with Crippen molar-refractivity contribution in [2.45, 2.75) is 45.8 Å². The van der Waals surface area contributed by atoms with Gasteiger partial charge in [0.15, 0.2) is 0 Å². The van der Waals surface area contributed by atoms with Crippen LogP contribution in [0.4, 0.5) is 5.69 Å². The topological polar surface area (TPSA) is 92.5 Å². The monoisotopic (exact) mass is 280 g/mol. The summed E-state index contributed by atoms with van der Waals surface area (Å²) in [4.78, 5) is 22.5. The molecule has 1 amide bonds. The molecule has 6 heteroatoms. The minimum absolute atomic E-state index is 0.0984. The summed E-state index contributed by atoms with van der Waals surface area (Å²) in [7, 11) is 0. The molecule has 1 aromatic rings. The van der Waals surface area contributed by atoms with Crippen molar-refractivity contribution in [3.8, 4) is 0 Å². The number of carbonyl (C=O) groups excluding carboxylic acids is 1. The maximum absolute atomic E-state index is 12.1.